The third-order valence-corrected chi connectivity index (χ3v) is 7.49. The number of thiazole rings is 1. The average Bonchev–Trinajstić information content (AvgIpc) is 3.43. The molecule has 0 N–H and O–H groups in total. The zero-order valence-corrected chi connectivity index (χ0v) is 20.1. The van der Waals surface area contributed by atoms with Crippen LogP contribution in [0.15, 0.2) is 54.2 Å². The van der Waals surface area contributed by atoms with Gasteiger partial charge in [-0.05, 0) is 38.0 Å². The predicted octanol–water partition coefficient (Wildman–Crippen LogP) is 4.89. The molecule has 0 bridgehead atoms. The van der Waals surface area contributed by atoms with E-state index in [4.69, 9.17) is 9.72 Å². The van der Waals surface area contributed by atoms with Crippen molar-refractivity contribution in [2.75, 3.05) is 20.2 Å². The second-order valence-electron chi connectivity index (χ2n) is 9.00. The fourth-order valence-electron chi connectivity index (χ4n) is 4.90. The molecule has 0 spiro atoms. The fraction of sp³-hybridized carbons (Fsp3) is 0.346. The maximum atomic E-state index is 13.5. The molecule has 3 aromatic heterocycles. The number of hydrogen-bond donors (Lipinski definition) is 0. The second-order valence-corrected chi connectivity index (χ2v) is 9.90. The number of piperidine rings is 1. The first-order chi connectivity index (χ1) is 16.0. The van der Waals surface area contributed by atoms with Gasteiger partial charge in [0, 0.05) is 59.5 Å². The molecule has 7 heteroatoms. The van der Waals surface area contributed by atoms with Gasteiger partial charge in [0.2, 0.25) is 0 Å². The highest BCUT2D eigenvalue weighted by atomic mass is 32.1. The van der Waals surface area contributed by atoms with E-state index in [0.29, 0.717) is 18.5 Å². The second kappa shape index (κ2) is 8.63. The molecule has 1 unspecified atom stereocenters. The van der Waals surface area contributed by atoms with Crippen LogP contribution in [0.5, 0.6) is 5.75 Å². The fourth-order valence-corrected chi connectivity index (χ4v) is 5.92. The van der Waals surface area contributed by atoms with E-state index in [1.807, 2.05) is 48.2 Å². The summed E-state index contributed by atoms with van der Waals surface area (Å²) in [6, 6.07) is 11.7. The SMILES string of the molecule is COc1ccccc1Cc1cc(C(=O)N2CCCC(C)(c3nc(C)n4ccsc34)C2)ccn1. The molecule has 5 rings (SSSR count). The smallest absolute Gasteiger partial charge is 0.254 e. The van der Waals surface area contributed by atoms with E-state index < -0.39 is 0 Å². The molecular weight excluding hydrogens is 432 g/mol. The van der Waals surface area contributed by atoms with Gasteiger partial charge in [0.25, 0.3) is 5.91 Å². The standard InChI is InChI=1S/C26H28N4O2S/c1-18-28-23(25-30(18)13-14-33-25)26(2)10-6-12-29(17-26)24(31)20-9-11-27-21(16-20)15-19-7-4-5-8-22(19)32-3/h4-5,7-9,11,13-14,16H,6,10,12,15,17H2,1-3H3. The summed E-state index contributed by atoms with van der Waals surface area (Å²) in [4.78, 5) is 26.1. The molecule has 6 nitrogen and oxygen atoms in total. The molecule has 1 fully saturated rings. The number of amides is 1. The van der Waals surface area contributed by atoms with E-state index in [2.05, 4.69) is 27.9 Å². The summed E-state index contributed by atoms with van der Waals surface area (Å²) < 4.78 is 7.62. The maximum absolute atomic E-state index is 13.5. The van der Waals surface area contributed by atoms with Gasteiger partial charge in [-0.3, -0.25) is 14.2 Å². The first-order valence-electron chi connectivity index (χ1n) is 11.3. The Labute approximate surface area is 197 Å². The van der Waals surface area contributed by atoms with E-state index in [1.165, 1.54) is 4.83 Å². The van der Waals surface area contributed by atoms with Gasteiger partial charge >= 0.3 is 0 Å². The Hall–Kier alpha value is -3.19. The van der Waals surface area contributed by atoms with E-state index >= 15 is 0 Å². The molecular formula is C26H28N4O2S. The zero-order chi connectivity index (χ0) is 23.0. The molecule has 1 aromatic carbocycles. The first kappa shape index (κ1) is 21.6. The Morgan fingerprint density at radius 3 is 2.97 bits per heavy atom. The van der Waals surface area contributed by atoms with Gasteiger partial charge in [-0.1, -0.05) is 25.1 Å². The number of imidazole rings is 1. The van der Waals surface area contributed by atoms with Gasteiger partial charge < -0.3 is 9.64 Å². The van der Waals surface area contributed by atoms with Crippen molar-refractivity contribution < 1.29 is 9.53 Å². The van der Waals surface area contributed by atoms with Crippen LogP contribution in [0.25, 0.3) is 4.83 Å². The monoisotopic (exact) mass is 460 g/mol. The quantitative estimate of drug-likeness (QED) is 0.425. The summed E-state index contributed by atoms with van der Waals surface area (Å²) in [7, 11) is 1.67. The van der Waals surface area contributed by atoms with Crippen molar-refractivity contribution in [3.8, 4) is 5.75 Å². The Bertz CT molecular complexity index is 1310. The number of carbonyl (C=O) groups is 1. The number of rotatable bonds is 5. The number of benzene rings is 1. The lowest BCUT2D eigenvalue weighted by atomic mass is 9.79. The van der Waals surface area contributed by atoms with Crippen LogP contribution in [-0.2, 0) is 11.8 Å². The van der Waals surface area contributed by atoms with Crippen molar-refractivity contribution >= 4 is 22.1 Å². The number of fused-ring (bicyclic) bond motifs is 1. The highest BCUT2D eigenvalue weighted by Gasteiger charge is 2.38. The number of likely N-dealkylation sites (tertiary alicyclic amines) is 1. The topological polar surface area (TPSA) is 59.7 Å². The summed E-state index contributed by atoms with van der Waals surface area (Å²) in [6.45, 7) is 5.71. The van der Waals surface area contributed by atoms with Crippen molar-refractivity contribution in [2.45, 2.75) is 38.5 Å². The van der Waals surface area contributed by atoms with Crippen molar-refractivity contribution in [2.24, 2.45) is 0 Å². The molecule has 4 aromatic rings. The van der Waals surface area contributed by atoms with E-state index in [1.54, 1.807) is 24.6 Å². The molecule has 0 radical (unpaired) electrons. The summed E-state index contributed by atoms with van der Waals surface area (Å²) in [6.07, 6.45) is 6.41. The van der Waals surface area contributed by atoms with Crippen LogP contribution in [0.3, 0.4) is 0 Å². The third kappa shape index (κ3) is 4.02. The van der Waals surface area contributed by atoms with Crippen molar-refractivity contribution in [3.05, 3.63) is 82.5 Å². The summed E-state index contributed by atoms with van der Waals surface area (Å²) >= 11 is 1.72. The van der Waals surface area contributed by atoms with Gasteiger partial charge in [-0.2, -0.15) is 0 Å². The Kier molecular flexibility index (Phi) is 5.66. The number of methoxy groups -OCH3 is 1. The van der Waals surface area contributed by atoms with Gasteiger partial charge in [0.1, 0.15) is 16.4 Å². The Morgan fingerprint density at radius 1 is 1.27 bits per heavy atom. The van der Waals surface area contributed by atoms with Crippen LogP contribution in [0.1, 0.15) is 52.9 Å². The highest BCUT2D eigenvalue weighted by molar-refractivity contribution is 7.15. The van der Waals surface area contributed by atoms with Crippen molar-refractivity contribution in [1.29, 1.82) is 0 Å². The molecule has 170 valence electrons. The van der Waals surface area contributed by atoms with Gasteiger partial charge in [-0.15, -0.1) is 11.3 Å². The van der Waals surface area contributed by atoms with E-state index in [0.717, 1.165) is 47.9 Å². The molecule has 1 aliphatic rings. The summed E-state index contributed by atoms with van der Waals surface area (Å²) in [5.74, 6) is 1.89. The highest BCUT2D eigenvalue weighted by Crippen LogP contribution is 2.37. The predicted molar refractivity (Wildman–Crippen MR) is 130 cm³/mol. The lowest BCUT2D eigenvalue weighted by molar-refractivity contribution is 0.0649. The number of pyridine rings is 1. The van der Waals surface area contributed by atoms with Crippen LogP contribution < -0.4 is 4.74 Å². The molecule has 1 aliphatic heterocycles. The average molecular weight is 461 g/mol. The van der Waals surface area contributed by atoms with Crippen LogP contribution in [0, 0.1) is 6.92 Å². The Morgan fingerprint density at radius 2 is 2.12 bits per heavy atom. The molecule has 1 saturated heterocycles. The maximum Gasteiger partial charge on any atom is 0.254 e. The van der Waals surface area contributed by atoms with Gasteiger partial charge in [0.15, 0.2) is 0 Å². The minimum Gasteiger partial charge on any atom is -0.496 e. The summed E-state index contributed by atoms with van der Waals surface area (Å²) in [5, 5.41) is 2.10. The molecule has 1 amide bonds. The van der Waals surface area contributed by atoms with E-state index in [9.17, 15) is 4.79 Å². The first-order valence-corrected chi connectivity index (χ1v) is 12.2. The molecule has 4 heterocycles. The lowest BCUT2D eigenvalue weighted by Gasteiger charge is -2.39. The van der Waals surface area contributed by atoms with Crippen LogP contribution in [0.2, 0.25) is 0 Å². The number of para-hydroxylation sites is 1. The van der Waals surface area contributed by atoms with Crippen LogP contribution in [0.4, 0.5) is 0 Å². The molecule has 0 aliphatic carbocycles. The number of nitrogens with zero attached hydrogens (tertiary/aromatic N) is 4. The number of aryl methyl sites for hydroxylation is 1. The Balaban J connectivity index is 1.38. The number of carbonyl (C=O) groups excluding carboxylic acids is 1. The van der Waals surface area contributed by atoms with Crippen molar-refractivity contribution in [1.82, 2.24) is 19.3 Å². The molecule has 0 saturated carbocycles. The molecule has 33 heavy (non-hydrogen) atoms. The van der Waals surface area contributed by atoms with Crippen LogP contribution >= 0.6 is 11.3 Å². The number of ether oxygens (including phenoxy) is 1. The van der Waals surface area contributed by atoms with Crippen molar-refractivity contribution in [3.63, 3.8) is 0 Å². The minimum absolute atomic E-state index is 0.0583. The number of hydrogen-bond acceptors (Lipinski definition) is 5. The van der Waals surface area contributed by atoms with Gasteiger partial charge in [0.05, 0.1) is 12.8 Å². The summed E-state index contributed by atoms with van der Waals surface area (Å²) in [5.41, 5.74) is 3.54. The van der Waals surface area contributed by atoms with Gasteiger partial charge in [-0.25, -0.2) is 4.98 Å². The normalized spacial score (nSPS) is 18.6. The number of aromatic nitrogens is 3. The van der Waals surface area contributed by atoms with Crippen LogP contribution in [-0.4, -0.2) is 45.4 Å². The lowest BCUT2D eigenvalue weighted by Crippen LogP contribution is -2.47. The largest absolute Gasteiger partial charge is 0.496 e. The van der Waals surface area contributed by atoms with E-state index in [-0.39, 0.29) is 11.3 Å². The molecule has 1 atom stereocenters. The zero-order valence-electron chi connectivity index (χ0n) is 19.2. The minimum atomic E-state index is -0.161. The third-order valence-electron chi connectivity index (χ3n) is 6.62.